The third kappa shape index (κ3) is 2.19. The van der Waals surface area contributed by atoms with E-state index in [2.05, 4.69) is 10.6 Å². The van der Waals surface area contributed by atoms with Crippen molar-refractivity contribution in [3.63, 3.8) is 0 Å². The lowest BCUT2D eigenvalue weighted by molar-refractivity contribution is -0.137. The molecule has 2 rings (SSSR count). The summed E-state index contributed by atoms with van der Waals surface area (Å²) < 4.78 is 0. The smallest absolute Gasteiger partial charge is 0.242 e. The van der Waals surface area contributed by atoms with Crippen molar-refractivity contribution in [1.29, 1.82) is 0 Å². The summed E-state index contributed by atoms with van der Waals surface area (Å²) in [7, 11) is 0. The van der Waals surface area contributed by atoms with E-state index in [0.29, 0.717) is 26.1 Å². The Bertz CT molecular complexity index is 298. The minimum Gasteiger partial charge on any atom is -0.354 e. The normalized spacial score (nSPS) is 31.1. The molecule has 0 bridgehead atoms. The Morgan fingerprint density at radius 3 is 2.88 bits per heavy atom. The molecule has 90 valence electrons. The minimum absolute atomic E-state index is 0.0415. The molecule has 2 heterocycles. The Morgan fingerprint density at radius 1 is 1.38 bits per heavy atom. The Balaban J connectivity index is 2.00. The fourth-order valence-electron chi connectivity index (χ4n) is 2.40. The van der Waals surface area contributed by atoms with E-state index in [9.17, 15) is 9.59 Å². The maximum atomic E-state index is 12.3. The van der Waals surface area contributed by atoms with Crippen LogP contribution in [0.2, 0.25) is 0 Å². The summed E-state index contributed by atoms with van der Waals surface area (Å²) in [5.41, 5.74) is -0.409. The second kappa shape index (κ2) is 4.41. The van der Waals surface area contributed by atoms with Gasteiger partial charge < -0.3 is 15.5 Å². The molecule has 2 aliphatic rings. The standard InChI is InChI=1S/C11H19N3O2/c1-11(4-2-5-13-11)10(16)14-7-3-9(15)12-6-8-14/h13H,2-8H2,1H3,(H,12,15). The topological polar surface area (TPSA) is 61.4 Å². The molecule has 0 aromatic heterocycles. The minimum atomic E-state index is -0.409. The number of hydrogen-bond acceptors (Lipinski definition) is 3. The molecule has 0 aliphatic carbocycles. The summed E-state index contributed by atoms with van der Waals surface area (Å²) in [6.07, 6.45) is 2.36. The van der Waals surface area contributed by atoms with Gasteiger partial charge >= 0.3 is 0 Å². The van der Waals surface area contributed by atoms with Crippen molar-refractivity contribution in [3.8, 4) is 0 Å². The van der Waals surface area contributed by atoms with Gasteiger partial charge in [-0.25, -0.2) is 0 Å². The predicted octanol–water partition coefficient (Wildman–Crippen LogP) is -0.523. The van der Waals surface area contributed by atoms with Crippen molar-refractivity contribution in [2.45, 2.75) is 31.7 Å². The van der Waals surface area contributed by atoms with Crippen LogP contribution in [-0.4, -0.2) is 48.4 Å². The van der Waals surface area contributed by atoms with E-state index in [1.54, 1.807) is 4.90 Å². The van der Waals surface area contributed by atoms with Gasteiger partial charge in [-0.3, -0.25) is 9.59 Å². The molecule has 0 radical (unpaired) electrons. The van der Waals surface area contributed by atoms with Crippen molar-refractivity contribution in [3.05, 3.63) is 0 Å². The largest absolute Gasteiger partial charge is 0.354 e. The average molecular weight is 225 g/mol. The molecular formula is C11H19N3O2. The number of nitrogens with zero attached hydrogens (tertiary/aromatic N) is 1. The fraction of sp³-hybridized carbons (Fsp3) is 0.818. The zero-order valence-corrected chi connectivity index (χ0v) is 9.71. The van der Waals surface area contributed by atoms with Crippen LogP contribution < -0.4 is 10.6 Å². The van der Waals surface area contributed by atoms with Crippen LogP contribution in [-0.2, 0) is 9.59 Å². The highest BCUT2D eigenvalue weighted by molar-refractivity contribution is 5.87. The molecule has 2 fully saturated rings. The third-order valence-corrected chi connectivity index (χ3v) is 3.44. The monoisotopic (exact) mass is 225 g/mol. The molecule has 0 spiro atoms. The summed E-state index contributed by atoms with van der Waals surface area (Å²) >= 11 is 0. The van der Waals surface area contributed by atoms with Crippen LogP contribution in [0.25, 0.3) is 0 Å². The lowest BCUT2D eigenvalue weighted by Gasteiger charge is -2.30. The molecule has 2 amide bonds. The van der Waals surface area contributed by atoms with Crippen LogP contribution in [0.1, 0.15) is 26.2 Å². The summed E-state index contributed by atoms with van der Waals surface area (Å²) in [5.74, 6) is 0.182. The van der Waals surface area contributed by atoms with E-state index < -0.39 is 5.54 Å². The molecule has 0 saturated carbocycles. The number of carbonyl (C=O) groups excluding carboxylic acids is 2. The van der Waals surface area contributed by atoms with Gasteiger partial charge in [-0.15, -0.1) is 0 Å². The Labute approximate surface area is 95.6 Å². The Hall–Kier alpha value is -1.10. The zero-order chi connectivity index (χ0) is 11.6. The van der Waals surface area contributed by atoms with Crippen LogP contribution in [0.3, 0.4) is 0 Å². The molecule has 5 heteroatoms. The number of carbonyl (C=O) groups is 2. The van der Waals surface area contributed by atoms with Crippen LogP contribution in [0.4, 0.5) is 0 Å². The Kier molecular flexibility index (Phi) is 3.14. The quantitative estimate of drug-likeness (QED) is 0.631. The van der Waals surface area contributed by atoms with E-state index in [1.165, 1.54) is 0 Å². The number of amides is 2. The summed E-state index contributed by atoms with van der Waals surface area (Å²) in [6.45, 7) is 4.61. The van der Waals surface area contributed by atoms with Gasteiger partial charge in [0, 0.05) is 26.1 Å². The van der Waals surface area contributed by atoms with Gasteiger partial charge in [0.2, 0.25) is 11.8 Å². The van der Waals surface area contributed by atoms with E-state index >= 15 is 0 Å². The molecule has 0 aromatic carbocycles. The van der Waals surface area contributed by atoms with Crippen LogP contribution in [0.15, 0.2) is 0 Å². The first-order chi connectivity index (χ1) is 7.62. The van der Waals surface area contributed by atoms with E-state index in [1.807, 2.05) is 6.92 Å². The average Bonchev–Trinajstić information content (AvgIpc) is 2.59. The summed E-state index contributed by atoms with van der Waals surface area (Å²) in [5, 5.41) is 6.04. The second-order valence-corrected chi connectivity index (χ2v) is 4.75. The van der Waals surface area contributed by atoms with Crippen LogP contribution >= 0.6 is 0 Å². The fourth-order valence-corrected chi connectivity index (χ4v) is 2.40. The van der Waals surface area contributed by atoms with Gasteiger partial charge in [-0.2, -0.15) is 0 Å². The molecule has 1 unspecified atom stereocenters. The van der Waals surface area contributed by atoms with Gasteiger partial charge in [-0.1, -0.05) is 0 Å². The highest BCUT2D eigenvalue weighted by Gasteiger charge is 2.39. The maximum absolute atomic E-state index is 12.3. The number of rotatable bonds is 1. The molecule has 2 N–H and O–H groups in total. The first-order valence-electron chi connectivity index (χ1n) is 5.93. The first kappa shape index (κ1) is 11.4. The molecule has 5 nitrogen and oxygen atoms in total. The lowest BCUT2D eigenvalue weighted by Crippen LogP contribution is -2.53. The molecule has 2 aliphatic heterocycles. The van der Waals surface area contributed by atoms with Crippen LogP contribution in [0.5, 0.6) is 0 Å². The molecule has 1 atom stereocenters. The SMILES string of the molecule is CC1(C(=O)N2CCNC(=O)CC2)CCCN1. The van der Waals surface area contributed by atoms with Crippen molar-refractivity contribution in [1.82, 2.24) is 15.5 Å². The van der Waals surface area contributed by atoms with Crippen molar-refractivity contribution < 1.29 is 9.59 Å². The molecule has 0 aromatic rings. The summed E-state index contributed by atoms with van der Waals surface area (Å²) in [6, 6.07) is 0. The van der Waals surface area contributed by atoms with Crippen LogP contribution in [0, 0.1) is 0 Å². The van der Waals surface area contributed by atoms with E-state index in [0.717, 1.165) is 19.4 Å². The lowest BCUT2D eigenvalue weighted by atomic mass is 9.98. The van der Waals surface area contributed by atoms with Gasteiger partial charge in [-0.05, 0) is 26.3 Å². The predicted molar refractivity (Wildman–Crippen MR) is 59.8 cm³/mol. The molecular weight excluding hydrogens is 206 g/mol. The van der Waals surface area contributed by atoms with Crippen molar-refractivity contribution in [2.24, 2.45) is 0 Å². The maximum Gasteiger partial charge on any atom is 0.242 e. The Morgan fingerprint density at radius 2 is 2.19 bits per heavy atom. The van der Waals surface area contributed by atoms with Gasteiger partial charge in [0.1, 0.15) is 0 Å². The first-order valence-corrected chi connectivity index (χ1v) is 5.93. The van der Waals surface area contributed by atoms with Crippen molar-refractivity contribution >= 4 is 11.8 Å². The third-order valence-electron chi connectivity index (χ3n) is 3.44. The number of hydrogen-bond donors (Lipinski definition) is 2. The zero-order valence-electron chi connectivity index (χ0n) is 9.71. The van der Waals surface area contributed by atoms with Crippen molar-refractivity contribution in [2.75, 3.05) is 26.2 Å². The highest BCUT2D eigenvalue weighted by atomic mass is 16.2. The highest BCUT2D eigenvalue weighted by Crippen LogP contribution is 2.21. The van der Waals surface area contributed by atoms with E-state index in [-0.39, 0.29) is 11.8 Å². The second-order valence-electron chi connectivity index (χ2n) is 4.75. The van der Waals surface area contributed by atoms with Gasteiger partial charge in [0.15, 0.2) is 0 Å². The number of nitrogens with one attached hydrogen (secondary N) is 2. The molecule has 2 saturated heterocycles. The van der Waals surface area contributed by atoms with Gasteiger partial charge in [0.05, 0.1) is 5.54 Å². The van der Waals surface area contributed by atoms with Gasteiger partial charge in [0.25, 0.3) is 0 Å². The van der Waals surface area contributed by atoms with E-state index in [4.69, 9.17) is 0 Å². The summed E-state index contributed by atoms with van der Waals surface area (Å²) in [4.78, 5) is 25.3. The molecule has 16 heavy (non-hydrogen) atoms.